The van der Waals surface area contributed by atoms with E-state index in [1.165, 1.54) is 6.07 Å². The number of likely N-dealkylation sites (tertiary alicyclic amines) is 1. The van der Waals surface area contributed by atoms with Crippen molar-refractivity contribution in [2.24, 2.45) is 0 Å². The van der Waals surface area contributed by atoms with Crippen LogP contribution in [-0.2, 0) is 16.4 Å². The molecule has 128 valence electrons. The molecule has 0 N–H and O–H groups in total. The van der Waals surface area contributed by atoms with E-state index in [4.69, 9.17) is 0 Å². The van der Waals surface area contributed by atoms with Crippen LogP contribution in [0.2, 0.25) is 0 Å². The zero-order valence-electron chi connectivity index (χ0n) is 13.6. The number of benzene rings is 1. The topological polar surface area (TPSA) is 72.3 Å². The Labute approximate surface area is 142 Å². The van der Waals surface area contributed by atoms with Gasteiger partial charge in [0, 0.05) is 18.9 Å². The molecule has 2 aromatic rings. The number of carbonyl (C=O) groups is 1. The molecule has 7 heteroatoms. The van der Waals surface area contributed by atoms with Crippen LogP contribution >= 0.6 is 0 Å². The Hall–Kier alpha value is -2.15. The van der Waals surface area contributed by atoms with Crippen LogP contribution in [0.25, 0.3) is 0 Å². The van der Waals surface area contributed by atoms with E-state index in [1.807, 2.05) is 16.9 Å². The lowest BCUT2D eigenvalue weighted by molar-refractivity contribution is 0.0717. The normalized spacial score (nSPS) is 18.0. The second kappa shape index (κ2) is 6.76. The lowest BCUT2D eigenvalue weighted by Crippen LogP contribution is -2.38. The summed E-state index contributed by atoms with van der Waals surface area (Å²) in [6.07, 6.45) is 5.40. The van der Waals surface area contributed by atoms with E-state index in [0.717, 1.165) is 12.8 Å². The van der Waals surface area contributed by atoms with Gasteiger partial charge >= 0.3 is 0 Å². The minimum Gasteiger partial charge on any atom is -0.334 e. The lowest BCUT2D eigenvalue weighted by Gasteiger charge is -2.25. The van der Waals surface area contributed by atoms with Crippen molar-refractivity contribution < 1.29 is 13.2 Å². The Balaban J connectivity index is 1.89. The van der Waals surface area contributed by atoms with Gasteiger partial charge in [0.15, 0.2) is 9.84 Å². The summed E-state index contributed by atoms with van der Waals surface area (Å²) < 4.78 is 26.4. The predicted molar refractivity (Wildman–Crippen MR) is 90.5 cm³/mol. The van der Waals surface area contributed by atoms with Crippen molar-refractivity contribution >= 4 is 15.7 Å². The van der Waals surface area contributed by atoms with Crippen LogP contribution < -0.4 is 0 Å². The van der Waals surface area contributed by atoms with Gasteiger partial charge in [0.05, 0.1) is 28.8 Å². The molecule has 2 heterocycles. The van der Waals surface area contributed by atoms with E-state index in [-0.39, 0.29) is 28.2 Å². The maximum absolute atomic E-state index is 13.0. The molecule has 1 aromatic heterocycles. The SMILES string of the molecule is CCS(=O)(=O)c1ccccc1C(=O)N1CCCC1Cn1cccn1. The predicted octanol–water partition coefficient (Wildman–Crippen LogP) is 1.98. The average Bonchev–Trinajstić information content (AvgIpc) is 3.26. The third-order valence-corrected chi connectivity index (χ3v) is 6.21. The molecule has 1 fully saturated rings. The van der Waals surface area contributed by atoms with Crippen molar-refractivity contribution in [3.8, 4) is 0 Å². The molecule has 1 aromatic carbocycles. The van der Waals surface area contributed by atoms with Crippen molar-refractivity contribution in [2.45, 2.75) is 37.2 Å². The Morgan fingerprint density at radius 1 is 1.29 bits per heavy atom. The Kier molecular flexibility index (Phi) is 4.71. The number of carbonyl (C=O) groups excluding carboxylic acids is 1. The highest BCUT2D eigenvalue weighted by molar-refractivity contribution is 7.91. The van der Waals surface area contributed by atoms with Crippen molar-refractivity contribution in [2.75, 3.05) is 12.3 Å². The highest BCUT2D eigenvalue weighted by Crippen LogP contribution is 2.25. The van der Waals surface area contributed by atoms with Crippen LogP contribution in [0, 0.1) is 0 Å². The zero-order valence-corrected chi connectivity index (χ0v) is 14.4. The first kappa shape index (κ1) is 16.7. The standard InChI is InChI=1S/C17H21N3O3S/c1-2-24(22,23)16-9-4-3-8-15(16)17(21)20-12-5-7-14(20)13-19-11-6-10-18-19/h3-4,6,8-11,14H,2,5,7,12-13H2,1H3. The van der Waals surface area contributed by atoms with Gasteiger partial charge in [-0.1, -0.05) is 19.1 Å². The molecule has 1 atom stereocenters. The molecule has 0 spiro atoms. The van der Waals surface area contributed by atoms with E-state index in [9.17, 15) is 13.2 Å². The number of aromatic nitrogens is 2. The Morgan fingerprint density at radius 2 is 2.08 bits per heavy atom. The molecule has 1 saturated heterocycles. The smallest absolute Gasteiger partial charge is 0.255 e. The van der Waals surface area contributed by atoms with E-state index in [0.29, 0.717) is 13.1 Å². The van der Waals surface area contributed by atoms with Crippen molar-refractivity contribution in [1.82, 2.24) is 14.7 Å². The molecule has 24 heavy (non-hydrogen) atoms. The lowest BCUT2D eigenvalue weighted by atomic mass is 10.1. The summed E-state index contributed by atoms with van der Waals surface area (Å²) in [5.74, 6) is -0.231. The summed E-state index contributed by atoms with van der Waals surface area (Å²) in [5, 5.41) is 4.20. The van der Waals surface area contributed by atoms with Crippen LogP contribution in [0.15, 0.2) is 47.6 Å². The van der Waals surface area contributed by atoms with Gasteiger partial charge < -0.3 is 4.90 Å². The quantitative estimate of drug-likeness (QED) is 0.829. The molecular weight excluding hydrogens is 326 g/mol. The number of amides is 1. The fourth-order valence-electron chi connectivity index (χ4n) is 3.14. The minimum atomic E-state index is -3.44. The van der Waals surface area contributed by atoms with Crippen LogP contribution in [0.4, 0.5) is 0 Å². The van der Waals surface area contributed by atoms with Gasteiger partial charge in [0.1, 0.15) is 0 Å². The van der Waals surface area contributed by atoms with Crippen molar-refractivity contribution in [3.63, 3.8) is 0 Å². The summed E-state index contributed by atoms with van der Waals surface area (Å²) in [4.78, 5) is 14.9. The van der Waals surface area contributed by atoms with Gasteiger partial charge in [-0.15, -0.1) is 0 Å². The first-order valence-electron chi connectivity index (χ1n) is 8.13. The third kappa shape index (κ3) is 3.21. The number of hydrogen-bond acceptors (Lipinski definition) is 4. The molecule has 0 bridgehead atoms. The molecule has 0 radical (unpaired) electrons. The Bertz CT molecular complexity index is 815. The summed E-state index contributed by atoms with van der Waals surface area (Å²) in [6.45, 7) is 2.86. The van der Waals surface area contributed by atoms with Crippen molar-refractivity contribution in [1.29, 1.82) is 0 Å². The first-order valence-corrected chi connectivity index (χ1v) is 9.78. The highest BCUT2D eigenvalue weighted by atomic mass is 32.2. The zero-order chi connectivity index (χ0) is 17.2. The highest BCUT2D eigenvalue weighted by Gasteiger charge is 2.32. The number of hydrogen-bond donors (Lipinski definition) is 0. The van der Waals surface area contributed by atoms with E-state index in [1.54, 1.807) is 36.2 Å². The second-order valence-corrected chi connectivity index (χ2v) is 8.17. The minimum absolute atomic E-state index is 0.0198. The molecule has 1 aliphatic heterocycles. The average molecular weight is 347 g/mol. The number of sulfone groups is 1. The molecule has 3 rings (SSSR count). The first-order chi connectivity index (χ1) is 11.5. The fraction of sp³-hybridized carbons (Fsp3) is 0.412. The van der Waals surface area contributed by atoms with Gasteiger partial charge in [-0.3, -0.25) is 9.48 Å². The van der Waals surface area contributed by atoms with Crippen LogP contribution in [0.3, 0.4) is 0 Å². The van der Waals surface area contributed by atoms with Gasteiger partial charge in [-0.2, -0.15) is 5.10 Å². The monoisotopic (exact) mass is 347 g/mol. The number of rotatable bonds is 5. The van der Waals surface area contributed by atoms with Crippen LogP contribution in [-0.4, -0.2) is 47.3 Å². The molecule has 1 unspecified atom stereocenters. The summed E-state index contributed by atoms with van der Waals surface area (Å²) in [5.41, 5.74) is 0.270. The van der Waals surface area contributed by atoms with Crippen LogP contribution in [0.1, 0.15) is 30.1 Å². The molecule has 1 aliphatic rings. The molecule has 1 amide bonds. The third-order valence-electron chi connectivity index (χ3n) is 4.43. The largest absolute Gasteiger partial charge is 0.334 e. The summed E-state index contributed by atoms with van der Waals surface area (Å²) in [7, 11) is -3.44. The molecule has 0 saturated carbocycles. The maximum Gasteiger partial charge on any atom is 0.255 e. The summed E-state index contributed by atoms with van der Waals surface area (Å²) in [6, 6.07) is 8.38. The second-order valence-electron chi connectivity index (χ2n) is 5.92. The summed E-state index contributed by atoms with van der Waals surface area (Å²) >= 11 is 0. The number of nitrogens with zero attached hydrogens (tertiary/aromatic N) is 3. The van der Waals surface area contributed by atoms with Gasteiger partial charge in [-0.25, -0.2) is 8.42 Å². The molecular formula is C17H21N3O3S. The van der Waals surface area contributed by atoms with Gasteiger partial charge in [0.2, 0.25) is 0 Å². The van der Waals surface area contributed by atoms with E-state index in [2.05, 4.69) is 5.10 Å². The Morgan fingerprint density at radius 3 is 2.79 bits per heavy atom. The van der Waals surface area contributed by atoms with Gasteiger partial charge in [-0.05, 0) is 31.0 Å². The molecule has 0 aliphatic carbocycles. The van der Waals surface area contributed by atoms with E-state index >= 15 is 0 Å². The van der Waals surface area contributed by atoms with E-state index < -0.39 is 9.84 Å². The maximum atomic E-state index is 13.0. The molecule has 6 nitrogen and oxygen atoms in total. The van der Waals surface area contributed by atoms with Crippen molar-refractivity contribution in [3.05, 3.63) is 48.3 Å². The van der Waals surface area contributed by atoms with Gasteiger partial charge in [0.25, 0.3) is 5.91 Å². The fourth-order valence-corrected chi connectivity index (χ4v) is 4.23. The van der Waals surface area contributed by atoms with Crippen LogP contribution in [0.5, 0.6) is 0 Å².